The number of amides is 2. The standard InChI is InChI=1S/C16H32N2O3/c1-13(11-19)18(10-14(2)20)15(21)17-12-16(3)8-6-4-5-7-9-16/h13-14,19-20H,4-12H2,1-3H3,(H,17,21). The van der Waals surface area contributed by atoms with Crippen molar-refractivity contribution in [3.05, 3.63) is 0 Å². The molecule has 1 fully saturated rings. The molecule has 1 aliphatic rings. The summed E-state index contributed by atoms with van der Waals surface area (Å²) >= 11 is 0. The van der Waals surface area contributed by atoms with Crippen molar-refractivity contribution in [1.82, 2.24) is 10.2 Å². The molecule has 0 bridgehead atoms. The highest BCUT2D eigenvalue weighted by Gasteiger charge is 2.28. The summed E-state index contributed by atoms with van der Waals surface area (Å²) in [6, 6.07) is -0.482. The summed E-state index contributed by atoms with van der Waals surface area (Å²) in [5.74, 6) is 0. The van der Waals surface area contributed by atoms with Gasteiger partial charge in [-0.05, 0) is 32.1 Å². The van der Waals surface area contributed by atoms with E-state index in [9.17, 15) is 15.0 Å². The molecule has 0 aromatic carbocycles. The fraction of sp³-hybridized carbons (Fsp3) is 0.938. The summed E-state index contributed by atoms with van der Waals surface area (Å²) in [5.41, 5.74) is 0.172. The minimum Gasteiger partial charge on any atom is -0.394 e. The summed E-state index contributed by atoms with van der Waals surface area (Å²) in [6.45, 7) is 6.49. The molecule has 21 heavy (non-hydrogen) atoms. The van der Waals surface area contributed by atoms with Gasteiger partial charge in [-0.15, -0.1) is 0 Å². The molecule has 3 N–H and O–H groups in total. The van der Waals surface area contributed by atoms with E-state index in [2.05, 4.69) is 12.2 Å². The third-order valence-corrected chi connectivity index (χ3v) is 4.50. The van der Waals surface area contributed by atoms with Crippen LogP contribution >= 0.6 is 0 Å². The predicted molar refractivity (Wildman–Crippen MR) is 84.1 cm³/mol. The molecule has 1 aliphatic carbocycles. The monoisotopic (exact) mass is 300 g/mol. The lowest BCUT2D eigenvalue weighted by Crippen LogP contribution is -2.51. The van der Waals surface area contributed by atoms with E-state index in [1.807, 2.05) is 0 Å². The van der Waals surface area contributed by atoms with Crippen molar-refractivity contribution in [1.29, 1.82) is 0 Å². The number of carbonyl (C=O) groups is 1. The topological polar surface area (TPSA) is 72.8 Å². The van der Waals surface area contributed by atoms with Crippen LogP contribution in [0.5, 0.6) is 0 Å². The molecule has 0 spiro atoms. The normalized spacial score (nSPS) is 21.2. The first-order valence-electron chi connectivity index (χ1n) is 8.21. The van der Waals surface area contributed by atoms with Gasteiger partial charge in [-0.1, -0.05) is 32.6 Å². The molecule has 1 rings (SSSR count). The molecule has 5 heteroatoms. The molecule has 2 amide bonds. The Balaban J connectivity index is 2.55. The highest BCUT2D eigenvalue weighted by Crippen LogP contribution is 2.33. The predicted octanol–water partition coefficient (Wildman–Crippen LogP) is 2.12. The van der Waals surface area contributed by atoms with Gasteiger partial charge < -0.3 is 20.4 Å². The van der Waals surface area contributed by atoms with Crippen LogP contribution in [0.15, 0.2) is 0 Å². The van der Waals surface area contributed by atoms with Gasteiger partial charge in [0, 0.05) is 13.1 Å². The molecule has 0 radical (unpaired) electrons. The average molecular weight is 300 g/mol. The Morgan fingerprint density at radius 1 is 1.24 bits per heavy atom. The van der Waals surface area contributed by atoms with E-state index < -0.39 is 6.10 Å². The Labute approximate surface area is 128 Å². The van der Waals surface area contributed by atoms with Crippen molar-refractivity contribution in [2.24, 2.45) is 5.41 Å². The maximum atomic E-state index is 12.3. The minimum absolute atomic E-state index is 0.0998. The summed E-state index contributed by atoms with van der Waals surface area (Å²) in [5, 5.41) is 21.8. The van der Waals surface area contributed by atoms with Crippen molar-refractivity contribution >= 4 is 6.03 Å². The summed E-state index contributed by atoms with van der Waals surface area (Å²) in [7, 11) is 0. The van der Waals surface area contributed by atoms with E-state index in [-0.39, 0.29) is 30.6 Å². The van der Waals surface area contributed by atoms with E-state index in [1.165, 1.54) is 30.6 Å². The number of rotatable bonds is 6. The lowest BCUT2D eigenvalue weighted by Gasteiger charge is -2.33. The molecule has 0 saturated heterocycles. The van der Waals surface area contributed by atoms with Crippen molar-refractivity contribution in [3.8, 4) is 0 Å². The van der Waals surface area contributed by atoms with Crippen LogP contribution in [0.4, 0.5) is 4.79 Å². The van der Waals surface area contributed by atoms with Gasteiger partial charge in [0.25, 0.3) is 0 Å². The van der Waals surface area contributed by atoms with Crippen molar-refractivity contribution in [2.75, 3.05) is 19.7 Å². The Kier molecular flexibility index (Phi) is 7.46. The van der Waals surface area contributed by atoms with Crippen LogP contribution in [-0.2, 0) is 0 Å². The van der Waals surface area contributed by atoms with E-state index in [0.29, 0.717) is 6.54 Å². The third-order valence-electron chi connectivity index (χ3n) is 4.50. The van der Waals surface area contributed by atoms with Crippen molar-refractivity contribution in [3.63, 3.8) is 0 Å². The Bertz CT molecular complexity index is 313. The Morgan fingerprint density at radius 3 is 2.29 bits per heavy atom. The second-order valence-corrected chi connectivity index (χ2v) is 6.92. The molecule has 1 saturated carbocycles. The first-order chi connectivity index (χ1) is 9.88. The molecular weight excluding hydrogens is 268 g/mol. The van der Waals surface area contributed by atoms with Gasteiger partial charge >= 0.3 is 6.03 Å². The van der Waals surface area contributed by atoms with Crippen LogP contribution in [0.3, 0.4) is 0 Å². The smallest absolute Gasteiger partial charge is 0.317 e. The van der Waals surface area contributed by atoms with Crippen LogP contribution in [-0.4, -0.2) is 53.0 Å². The average Bonchev–Trinajstić information content (AvgIpc) is 2.66. The zero-order valence-electron chi connectivity index (χ0n) is 13.8. The quantitative estimate of drug-likeness (QED) is 0.658. The molecule has 2 atom stereocenters. The third kappa shape index (κ3) is 6.22. The lowest BCUT2D eigenvalue weighted by molar-refractivity contribution is 0.0918. The summed E-state index contributed by atoms with van der Waals surface area (Å²) < 4.78 is 0. The SMILES string of the molecule is CC(O)CN(C(=O)NCC1(C)CCCCCC1)C(C)CO. The number of aliphatic hydroxyl groups excluding tert-OH is 2. The Morgan fingerprint density at radius 2 is 1.81 bits per heavy atom. The van der Waals surface area contributed by atoms with Gasteiger partial charge in [-0.3, -0.25) is 0 Å². The maximum Gasteiger partial charge on any atom is 0.317 e. The molecule has 0 aromatic heterocycles. The second-order valence-electron chi connectivity index (χ2n) is 6.92. The van der Waals surface area contributed by atoms with Crippen LogP contribution in [0.2, 0.25) is 0 Å². The molecule has 0 heterocycles. The van der Waals surface area contributed by atoms with Crippen LogP contribution in [0.25, 0.3) is 0 Å². The van der Waals surface area contributed by atoms with E-state index in [1.54, 1.807) is 13.8 Å². The molecule has 0 aromatic rings. The first kappa shape index (κ1) is 18.2. The fourth-order valence-corrected chi connectivity index (χ4v) is 3.00. The number of urea groups is 1. The first-order valence-corrected chi connectivity index (χ1v) is 8.21. The van der Waals surface area contributed by atoms with E-state index >= 15 is 0 Å². The molecular formula is C16H32N2O3. The Hall–Kier alpha value is -0.810. The second kappa shape index (κ2) is 8.59. The number of hydrogen-bond donors (Lipinski definition) is 3. The van der Waals surface area contributed by atoms with E-state index in [4.69, 9.17) is 0 Å². The zero-order chi connectivity index (χ0) is 15.9. The molecule has 0 aliphatic heterocycles. The maximum absolute atomic E-state index is 12.3. The van der Waals surface area contributed by atoms with Gasteiger partial charge in [-0.25, -0.2) is 4.79 Å². The highest BCUT2D eigenvalue weighted by molar-refractivity contribution is 5.74. The van der Waals surface area contributed by atoms with Crippen molar-refractivity contribution in [2.45, 2.75) is 71.4 Å². The summed E-state index contributed by atoms with van der Waals surface area (Å²) in [6.07, 6.45) is 6.75. The number of nitrogens with zero attached hydrogens (tertiary/aromatic N) is 1. The summed E-state index contributed by atoms with van der Waals surface area (Å²) in [4.78, 5) is 13.9. The van der Waals surface area contributed by atoms with E-state index in [0.717, 1.165) is 12.8 Å². The number of nitrogens with one attached hydrogen (secondary N) is 1. The number of aliphatic hydroxyl groups is 2. The fourth-order valence-electron chi connectivity index (χ4n) is 3.00. The van der Waals surface area contributed by atoms with Crippen LogP contribution < -0.4 is 5.32 Å². The van der Waals surface area contributed by atoms with Gasteiger partial charge in [0.15, 0.2) is 0 Å². The van der Waals surface area contributed by atoms with Gasteiger partial charge in [0.1, 0.15) is 0 Å². The number of carbonyl (C=O) groups excluding carboxylic acids is 1. The zero-order valence-corrected chi connectivity index (χ0v) is 13.8. The largest absolute Gasteiger partial charge is 0.394 e. The molecule has 2 unspecified atom stereocenters. The molecule has 5 nitrogen and oxygen atoms in total. The van der Waals surface area contributed by atoms with Crippen molar-refractivity contribution < 1.29 is 15.0 Å². The van der Waals surface area contributed by atoms with Gasteiger partial charge in [0.05, 0.1) is 18.8 Å². The lowest BCUT2D eigenvalue weighted by atomic mass is 9.82. The van der Waals surface area contributed by atoms with Crippen LogP contribution in [0.1, 0.15) is 59.3 Å². The minimum atomic E-state index is -0.599. The van der Waals surface area contributed by atoms with Crippen LogP contribution in [0, 0.1) is 5.41 Å². The van der Waals surface area contributed by atoms with Gasteiger partial charge in [0.2, 0.25) is 0 Å². The molecule has 124 valence electrons. The highest BCUT2D eigenvalue weighted by atomic mass is 16.3. The number of hydrogen-bond acceptors (Lipinski definition) is 3. The van der Waals surface area contributed by atoms with Gasteiger partial charge in [-0.2, -0.15) is 0 Å².